The zero-order chi connectivity index (χ0) is 11.3. The maximum absolute atomic E-state index is 2.54. The molecule has 3 rings (SSSR count). The highest BCUT2D eigenvalue weighted by Crippen LogP contribution is 2.63. The highest BCUT2D eigenvalue weighted by Gasteiger charge is 2.56. The lowest BCUT2D eigenvalue weighted by molar-refractivity contribution is 0.0577. The van der Waals surface area contributed by atoms with Crippen LogP contribution in [0.5, 0.6) is 0 Å². The van der Waals surface area contributed by atoms with E-state index < -0.39 is 0 Å². The summed E-state index contributed by atoms with van der Waals surface area (Å²) in [6.07, 6.45) is 10.8. The van der Waals surface area contributed by atoms with Crippen LogP contribution >= 0.6 is 0 Å². The molecular weight excluding hydrogens is 192 g/mol. The molecule has 0 aromatic carbocycles. The van der Waals surface area contributed by atoms with E-state index in [2.05, 4.69) is 20.8 Å². The van der Waals surface area contributed by atoms with E-state index in [9.17, 15) is 0 Å². The summed E-state index contributed by atoms with van der Waals surface area (Å²) in [5.74, 6) is 5.36. The van der Waals surface area contributed by atoms with Crippen molar-refractivity contribution in [3.63, 3.8) is 0 Å². The van der Waals surface area contributed by atoms with Gasteiger partial charge in [0.15, 0.2) is 0 Å². The van der Waals surface area contributed by atoms with Gasteiger partial charge in [0, 0.05) is 0 Å². The SMILES string of the molecule is CC1C2CC(CC2C2CCCCC2)C1(C)C. The van der Waals surface area contributed by atoms with Crippen molar-refractivity contribution in [1.82, 2.24) is 0 Å². The zero-order valence-corrected chi connectivity index (χ0v) is 11.3. The third-order valence-corrected chi connectivity index (χ3v) is 6.79. The first kappa shape index (κ1) is 11.1. The zero-order valence-electron chi connectivity index (χ0n) is 11.3. The largest absolute Gasteiger partial charge is 0.0617 e. The Balaban J connectivity index is 1.72. The van der Waals surface area contributed by atoms with Gasteiger partial charge < -0.3 is 0 Å². The monoisotopic (exact) mass is 220 g/mol. The smallest absolute Gasteiger partial charge is 0.0297 e. The molecule has 0 aliphatic heterocycles. The van der Waals surface area contributed by atoms with Crippen LogP contribution in [0.15, 0.2) is 0 Å². The maximum atomic E-state index is 2.54. The average Bonchev–Trinajstić information content (AvgIpc) is 2.81. The minimum atomic E-state index is 0.649. The van der Waals surface area contributed by atoms with Crippen molar-refractivity contribution < 1.29 is 0 Å². The second-order valence-electron chi connectivity index (χ2n) is 7.50. The fourth-order valence-electron chi connectivity index (χ4n) is 5.31. The highest BCUT2D eigenvalue weighted by atomic mass is 14.6. The molecule has 0 heteroatoms. The molecule has 3 aliphatic rings. The van der Waals surface area contributed by atoms with Crippen molar-refractivity contribution in [2.24, 2.45) is 35.0 Å². The van der Waals surface area contributed by atoms with Crippen LogP contribution in [0.2, 0.25) is 0 Å². The fourth-order valence-corrected chi connectivity index (χ4v) is 5.31. The first-order chi connectivity index (χ1) is 7.60. The van der Waals surface area contributed by atoms with Crippen LogP contribution < -0.4 is 0 Å². The van der Waals surface area contributed by atoms with Crippen molar-refractivity contribution >= 4 is 0 Å². The van der Waals surface area contributed by atoms with Crippen molar-refractivity contribution in [1.29, 1.82) is 0 Å². The molecule has 0 aromatic heterocycles. The van der Waals surface area contributed by atoms with Gasteiger partial charge in [-0.3, -0.25) is 0 Å². The van der Waals surface area contributed by atoms with E-state index in [1.54, 1.807) is 25.7 Å². The Morgan fingerprint density at radius 3 is 2.06 bits per heavy atom. The molecule has 0 heterocycles. The molecule has 0 nitrogen and oxygen atoms in total. The summed E-state index contributed by atoms with van der Waals surface area (Å²) in [6, 6.07) is 0. The molecule has 3 fully saturated rings. The third kappa shape index (κ3) is 1.48. The van der Waals surface area contributed by atoms with Gasteiger partial charge in [0.2, 0.25) is 0 Å². The van der Waals surface area contributed by atoms with E-state index in [0.717, 1.165) is 29.6 Å². The van der Waals surface area contributed by atoms with Gasteiger partial charge in [0.25, 0.3) is 0 Å². The molecule has 0 spiro atoms. The first-order valence-electron chi connectivity index (χ1n) is 7.60. The Labute approximate surface area is 101 Å². The van der Waals surface area contributed by atoms with E-state index >= 15 is 0 Å². The van der Waals surface area contributed by atoms with Crippen LogP contribution in [0.3, 0.4) is 0 Å². The van der Waals surface area contributed by atoms with Crippen LogP contribution in [-0.2, 0) is 0 Å². The average molecular weight is 220 g/mol. The molecule has 4 atom stereocenters. The van der Waals surface area contributed by atoms with Gasteiger partial charge in [-0.15, -0.1) is 0 Å². The van der Waals surface area contributed by atoms with Crippen LogP contribution in [0, 0.1) is 35.0 Å². The molecule has 0 aromatic rings. The Bertz CT molecular complexity index is 255. The van der Waals surface area contributed by atoms with Crippen LogP contribution in [0.25, 0.3) is 0 Å². The lowest BCUT2D eigenvalue weighted by atomic mass is 9.62. The summed E-state index contributed by atoms with van der Waals surface area (Å²) in [6.45, 7) is 7.60. The van der Waals surface area contributed by atoms with Gasteiger partial charge in [-0.05, 0) is 47.8 Å². The molecule has 2 bridgehead atoms. The molecule has 0 saturated heterocycles. The third-order valence-electron chi connectivity index (χ3n) is 6.79. The van der Waals surface area contributed by atoms with Crippen molar-refractivity contribution in [2.45, 2.75) is 65.7 Å². The van der Waals surface area contributed by atoms with E-state index in [1.165, 1.54) is 19.3 Å². The lowest BCUT2D eigenvalue weighted by Crippen LogP contribution is -2.36. The minimum absolute atomic E-state index is 0.649. The van der Waals surface area contributed by atoms with Crippen LogP contribution in [-0.4, -0.2) is 0 Å². The Morgan fingerprint density at radius 2 is 1.50 bits per heavy atom. The predicted octanol–water partition coefficient (Wildman–Crippen LogP) is 4.89. The maximum Gasteiger partial charge on any atom is -0.0297 e. The van der Waals surface area contributed by atoms with E-state index in [-0.39, 0.29) is 0 Å². The fraction of sp³-hybridized carbons (Fsp3) is 1.00. The second-order valence-corrected chi connectivity index (χ2v) is 7.50. The molecule has 3 saturated carbocycles. The number of fused-ring (bicyclic) bond motifs is 2. The van der Waals surface area contributed by atoms with E-state index in [4.69, 9.17) is 0 Å². The van der Waals surface area contributed by atoms with Gasteiger partial charge >= 0.3 is 0 Å². The summed E-state index contributed by atoms with van der Waals surface area (Å²) in [5, 5.41) is 0. The Morgan fingerprint density at radius 1 is 0.875 bits per heavy atom. The molecule has 0 N–H and O–H groups in total. The van der Waals surface area contributed by atoms with Gasteiger partial charge in [0.05, 0.1) is 0 Å². The standard InChI is InChI=1S/C16H28/c1-11-14-9-13(16(11,2)3)10-15(14)12-7-5-4-6-8-12/h11-15H,4-10H2,1-3H3. The molecule has 16 heavy (non-hydrogen) atoms. The lowest BCUT2D eigenvalue weighted by Gasteiger charge is -2.43. The minimum Gasteiger partial charge on any atom is -0.0617 e. The van der Waals surface area contributed by atoms with Gasteiger partial charge in [-0.1, -0.05) is 52.9 Å². The van der Waals surface area contributed by atoms with Gasteiger partial charge in [0.1, 0.15) is 0 Å². The normalized spacial score (nSPS) is 47.4. The number of hydrogen-bond acceptors (Lipinski definition) is 0. The quantitative estimate of drug-likeness (QED) is 0.590. The number of rotatable bonds is 1. The Hall–Kier alpha value is 0. The molecule has 92 valence electrons. The molecule has 4 unspecified atom stereocenters. The van der Waals surface area contributed by atoms with Crippen molar-refractivity contribution in [3.05, 3.63) is 0 Å². The van der Waals surface area contributed by atoms with Crippen molar-refractivity contribution in [2.75, 3.05) is 0 Å². The summed E-state index contributed by atoms with van der Waals surface area (Å²) < 4.78 is 0. The predicted molar refractivity (Wildman–Crippen MR) is 69.2 cm³/mol. The summed E-state index contributed by atoms with van der Waals surface area (Å²) in [4.78, 5) is 0. The van der Waals surface area contributed by atoms with Gasteiger partial charge in [-0.2, -0.15) is 0 Å². The first-order valence-corrected chi connectivity index (χ1v) is 7.60. The molecule has 3 aliphatic carbocycles. The van der Waals surface area contributed by atoms with Crippen molar-refractivity contribution in [3.8, 4) is 0 Å². The summed E-state index contributed by atoms with van der Waals surface area (Å²) >= 11 is 0. The molecular formula is C16H28. The van der Waals surface area contributed by atoms with Crippen LogP contribution in [0.4, 0.5) is 0 Å². The summed E-state index contributed by atoms with van der Waals surface area (Å²) in [7, 11) is 0. The van der Waals surface area contributed by atoms with Gasteiger partial charge in [-0.25, -0.2) is 0 Å². The highest BCUT2D eigenvalue weighted by molar-refractivity contribution is 5.05. The van der Waals surface area contributed by atoms with E-state index in [0.29, 0.717) is 5.41 Å². The number of hydrogen-bond donors (Lipinski definition) is 0. The van der Waals surface area contributed by atoms with E-state index in [1.807, 2.05) is 0 Å². The second kappa shape index (κ2) is 3.75. The summed E-state index contributed by atoms with van der Waals surface area (Å²) in [5.41, 5.74) is 0.649. The van der Waals surface area contributed by atoms with Crippen LogP contribution in [0.1, 0.15) is 65.7 Å². The molecule has 0 radical (unpaired) electrons. The molecule has 0 amide bonds. The Kier molecular flexibility index (Phi) is 2.60. The topological polar surface area (TPSA) is 0 Å².